The Balaban J connectivity index is 1.68. The van der Waals surface area contributed by atoms with E-state index in [4.69, 9.17) is 0 Å². The van der Waals surface area contributed by atoms with E-state index in [0.29, 0.717) is 0 Å². The Morgan fingerprint density at radius 1 is 1.00 bits per heavy atom. The van der Waals surface area contributed by atoms with Gasteiger partial charge in [0.2, 0.25) is 0 Å². The highest BCUT2D eigenvalue weighted by molar-refractivity contribution is 6.31. The van der Waals surface area contributed by atoms with Crippen molar-refractivity contribution >= 4 is 29.6 Å². The highest BCUT2D eigenvalue weighted by Gasteiger charge is 2.40. The summed E-state index contributed by atoms with van der Waals surface area (Å²) < 4.78 is 2.10. The Hall–Kier alpha value is -3.35. The third-order valence-corrected chi connectivity index (χ3v) is 6.47. The predicted octanol–water partition coefficient (Wildman–Crippen LogP) is 3.95. The van der Waals surface area contributed by atoms with Crippen molar-refractivity contribution in [3.8, 4) is 5.69 Å². The van der Waals surface area contributed by atoms with Crippen LogP contribution in [0.15, 0.2) is 35.9 Å². The second-order valence-electron chi connectivity index (χ2n) is 8.86. The van der Waals surface area contributed by atoms with Crippen LogP contribution < -0.4 is 10.2 Å². The van der Waals surface area contributed by atoms with Gasteiger partial charge >= 0.3 is 6.03 Å². The maximum absolute atomic E-state index is 13.2. The molecular weight excluding hydrogens is 404 g/mol. The number of benzene rings is 1. The quantitative estimate of drug-likeness (QED) is 0.584. The lowest BCUT2D eigenvalue weighted by molar-refractivity contribution is -0.132. The first-order valence-electron chi connectivity index (χ1n) is 11.1. The van der Waals surface area contributed by atoms with Crippen LogP contribution in [0.4, 0.5) is 10.5 Å². The standard InChI is InChI=1S/C25H30N4O3/c1-16-14-18(17(2)28(16)21-12-10-19(11-13-21)27(3)4)15-22-23(30)26-25(32)29(24(22)31)20-8-6-5-7-9-20/h10-15,20H,5-9H2,1-4H3,(H,26,30,32)/b22-15+. The summed E-state index contributed by atoms with van der Waals surface area (Å²) in [7, 11) is 4.00. The van der Waals surface area contributed by atoms with E-state index in [2.05, 4.69) is 22.0 Å². The molecular formula is C25H30N4O3. The van der Waals surface area contributed by atoms with Crippen molar-refractivity contribution < 1.29 is 14.4 Å². The van der Waals surface area contributed by atoms with E-state index in [0.717, 1.165) is 60.4 Å². The summed E-state index contributed by atoms with van der Waals surface area (Å²) in [6, 6.07) is 9.42. The molecule has 2 heterocycles. The molecule has 32 heavy (non-hydrogen) atoms. The van der Waals surface area contributed by atoms with Crippen molar-refractivity contribution in [2.45, 2.75) is 52.0 Å². The van der Waals surface area contributed by atoms with E-state index in [1.54, 1.807) is 6.08 Å². The van der Waals surface area contributed by atoms with Gasteiger partial charge in [-0.15, -0.1) is 0 Å². The van der Waals surface area contributed by atoms with Gasteiger partial charge in [-0.3, -0.25) is 19.8 Å². The van der Waals surface area contributed by atoms with Crippen molar-refractivity contribution in [3.63, 3.8) is 0 Å². The summed E-state index contributed by atoms with van der Waals surface area (Å²) in [5.41, 5.74) is 4.84. The second kappa shape index (κ2) is 8.65. The molecule has 4 amide bonds. The van der Waals surface area contributed by atoms with Crippen molar-refractivity contribution in [2.75, 3.05) is 19.0 Å². The molecule has 1 aliphatic carbocycles. The number of nitrogens with one attached hydrogen (secondary N) is 1. The third-order valence-electron chi connectivity index (χ3n) is 6.47. The van der Waals surface area contributed by atoms with E-state index < -0.39 is 17.8 Å². The molecule has 0 radical (unpaired) electrons. The number of anilines is 1. The number of imide groups is 2. The maximum Gasteiger partial charge on any atom is 0.331 e. The molecule has 1 aromatic heterocycles. The fourth-order valence-electron chi connectivity index (χ4n) is 4.73. The van der Waals surface area contributed by atoms with Gasteiger partial charge in [0.25, 0.3) is 11.8 Å². The van der Waals surface area contributed by atoms with E-state index in [-0.39, 0.29) is 11.6 Å². The molecule has 1 saturated carbocycles. The molecule has 0 spiro atoms. The van der Waals surface area contributed by atoms with Gasteiger partial charge < -0.3 is 9.47 Å². The van der Waals surface area contributed by atoms with Crippen LogP contribution in [0.1, 0.15) is 49.1 Å². The minimum absolute atomic E-state index is 0.0124. The molecule has 7 heteroatoms. The first-order valence-corrected chi connectivity index (χ1v) is 11.1. The number of aromatic nitrogens is 1. The lowest BCUT2D eigenvalue weighted by Gasteiger charge is -2.35. The van der Waals surface area contributed by atoms with E-state index in [9.17, 15) is 14.4 Å². The second-order valence-corrected chi connectivity index (χ2v) is 8.86. The van der Waals surface area contributed by atoms with Gasteiger partial charge in [-0.25, -0.2) is 4.79 Å². The zero-order valence-electron chi connectivity index (χ0n) is 19.1. The summed E-state index contributed by atoms with van der Waals surface area (Å²) in [4.78, 5) is 41.5. The SMILES string of the molecule is Cc1cc(/C=C2\C(=O)NC(=O)N(C3CCCCC3)C2=O)c(C)n1-c1ccc(N(C)C)cc1. The molecule has 2 aromatic rings. The number of carbonyl (C=O) groups excluding carboxylic acids is 3. The minimum Gasteiger partial charge on any atom is -0.378 e. The predicted molar refractivity (Wildman–Crippen MR) is 125 cm³/mol. The molecule has 0 atom stereocenters. The normalized spacial score (nSPS) is 18.9. The van der Waals surface area contributed by atoms with Gasteiger partial charge in [0.05, 0.1) is 0 Å². The molecule has 168 valence electrons. The van der Waals surface area contributed by atoms with Crippen molar-refractivity contribution in [1.29, 1.82) is 0 Å². The van der Waals surface area contributed by atoms with Crippen LogP contribution in [0.25, 0.3) is 11.8 Å². The zero-order chi connectivity index (χ0) is 23.0. The highest BCUT2D eigenvalue weighted by atomic mass is 16.2. The summed E-state index contributed by atoms with van der Waals surface area (Å²) in [5, 5.41) is 2.36. The highest BCUT2D eigenvalue weighted by Crippen LogP contribution is 2.28. The van der Waals surface area contributed by atoms with Crippen LogP contribution in [-0.2, 0) is 9.59 Å². The molecule has 0 bridgehead atoms. The Morgan fingerprint density at radius 3 is 2.28 bits per heavy atom. The first-order chi connectivity index (χ1) is 15.3. The van der Waals surface area contributed by atoms with Crippen LogP contribution in [0.3, 0.4) is 0 Å². The molecule has 1 saturated heterocycles. The maximum atomic E-state index is 13.2. The van der Waals surface area contributed by atoms with Gasteiger partial charge in [-0.2, -0.15) is 0 Å². The Labute approximate surface area is 188 Å². The van der Waals surface area contributed by atoms with Gasteiger partial charge in [0.1, 0.15) is 5.57 Å². The Morgan fingerprint density at radius 2 is 1.66 bits per heavy atom. The number of hydrogen-bond donors (Lipinski definition) is 1. The number of carbonyl (C=O) groups is 3. The number of nitrogens with zero attached hydrogens (tertiary/aromatic N) is 3. The van der Waals surface area contributed by atoms with Crippen LogP contribution in [0, 0.1) is 13.8 Å². The van der Waals surface area contributed by atoms with E-state index in [1.165, 1.54) is 4.90 Å². The van der Waals surface area contributed by atoms with Gasteiger partial charge in [-0.1, -0.05) is 19.3 Å². The summed E-state index contributed by atoms with van der Waals surface area (Å²) in [5.74, 6) is -1.13. The first kappa shape index (κ1) is 21.9. The number of amides is 4. The number of hydrogen-bond acceptors (Lipinski definition) is 4. The van der Waals surface area contributed by atoms with Crippen LogP contribution in [-0.4, -0.2) is 47.4 Å². The van der Waals surface area contributed by atoms with Crippen molar-refractivity contribution in [1.82, 2.24) is 14.8 Å². The van der Waals surface area contributed by atoms with Crippen LogP contribution in [0.5, 0.6) is 0 Å². The topological polar surface area (TPSA) is 74.6 Å². The van der Waals surface area contributed by atoms with Gasteiger partial charge in [-0.05, 0) is 68.7 Å². The number of rotatable bonds is 4. The molecule has 1 N–H and O–H groups in total. The monoisotopic (exact) mass is 434 g/mol. The van der Waals surface area contributed by atoms with E-state index in [1.807, 2.05) is 51.0 Å². The molecule has 4 rings (SSSR count). The molecule has 2 fully saturated rings. The third kappa shape index (κ3) is 3.95. The summed E-state index contributed by atoms with van der Waals surface area (Å²) >= 11 is 0. The Bertz CT molecular complexity index is 1090. The number of urea groups is 1. The minimum atomic E-state index is -0.632. The number of barbiturate groups is 1. The molecule has 1 aromatic carbocycles. The van der Waals surface area contributed by atoms with Crippen LogP contribution in [0.2, 0.25) is 0 Å². The zero-order valence-corrected chi connectivity index (χ0v) is 19.1. The summed E-state index contributed by atoms with van der Waals surface area (Å²) in [6.07, 6.45) is 6.29. The fourth-order valence-corrected chi connectivity index (χ4v) is 4.73. The molecule has 7 nitrogen and oxygen atoms in total. The van der Waals surface area contributed by atoms with Crippen molar-refractivity contribution in [2.24, 2.45) is 0 Å². The number of aryl methyl sites for hydroxylation is 1. The largest absolute Gasteiger partial charge is 0.378 e. The molecule has 0 unspecified atom stereocenters. The summed E-state index contributed by atoms with van der Waals surface area (Å²) in [6.45, 7) is 3.96. The molecule has 1 aliphatic heterocycles. The smallest absolute Gasteiger partial charge is 0.331 e. The lowest BCUT2D eigenvalue weighted by atomic mass is 9.93. The van der Waals surface area contributed by atoms with Gasteiger partial charge in [0, 0.05) is 42.9 Å². The van der Waals surface area contributed by atoms with E-state index >= 15 is 0 Å². The van der Waals surface area contributed by atoms with Crippen LogP contribution >= 0.6 is 0 Å². The molecule has 2 aliphatic rings. The average Bonchev–Trinajstić information content (AvgIpc) is 3.04. The van der Waals surface area contributed by atoms with Gasteiger partial charge in [0.15, 0.2) is 0 Å². The fraction of sp³-hybridized carbons (Fsp3) is 0.400. The van der Waals surface area contributed by atoms with Crippen molar-refractivity contribution in [3.05, 3.63) is 52.9 Å². The average molecular weight is 435 g/mol. The Kier molecular flexibility index (Phi) is 5.91. The lowest BCUT2D eigenvalue weighted by Crippen LogP contribution is -2.58.